The Balaban J connectivity index is 1.46. The van der Waals surface area contributed by atoms with Gasteiger partial charge in [-0.15, -0.1) is 11.3 Å². The van der Waals surface area contributed by atoms with Gasteiger partial charge >= 0.3 is 5.97 Å². The predicted molar refractivity (Wildman–Crippen MR) is 115 cm³/mol. The Morgan fingerprint density at radius 3 is 2.81 bits per heavy atom. The summed E-state index contributed by atoms with van der Waals surface area (Å²) < 4.78 is 5.33. The monoisotopic (exact) mass is 406 g/mol. The lowest BCUT2D eigenvalue weighted by Gasteiger charge is -2.29. The van der Waals surface area contributed by atoms with E-state index in [-0.39, 0.29) is 5.97 Å². The number of thiophene rings is 1. The number of esters is 1. The maximum atomic E-state index is 12.6. The van der Waals surface area contributed by atoms with Crippen LogP contribution in [0.4, 0.5) is 5.00 Å². The molecule has 0 saturated heterocycles. The molecule has 4 atom stereocenters. The van der Waals surface area contributed by atoms with E-state index in [1.807, 2.05) is 6.92 Å². The van der Waals surface area contributed by atoms with Crippen molar-refractivity contribution in [2.75, 3.05) is 11.9 Å². The first-order chi connectivity index (χ1) is 13.1. The molecule has 3 aliphatic carbocycles. The molecule has 4 rings (SSSR count). The standard InChI is InChI=1S/C21H30N2O2S2/c1-3-25-20(24)18-15-6-4-5-7-17(15)27-19(18)23-21(26)22-12(2)16-11-13-8-9-14(16)10-13/h12-14,16H,3-11H2,1-2H3,(H2,22,23,26). The van der Waals surface area contributed by atoms with Crippen molar-refractivity contribution in [2.45, 2.75) is 71.3 Å². The number of carbonyl (C=O) groups excluding carboxylic acids is 1. The van der Waals surface area contributed by atoms with E-state index in [0.717, 1.165) is 42.0 Å². The number of hydrogen-bond donors (Lipinski definition) is 2. The zero-order chi connectivity index (χ0) is 19.0. The molecule has 2 N–H and O–H groups in total. The molecule has 1 heterocycles. The summed E-state index contributed by atoms with van der Waals surface area (Å²) in [6.45, 7) is 4.50. The summed E-state index contributed by atoms with van der Waals surface area (Å²) in [5.41, 5.74) is 1.89. The van der Waals surface area contributed by atoms with Gasteiger partial charge in [0.25, 0.3) is 0 Å². The van der Waals surface area contributed by atoms with E-state index in [2.05, 4.69) is 17.6 Å². The molecule has 0 radical (unpaired) electrons. The van der Waals surface area contributed by atoms with Gasteiger partial charge < -0.3 is 15.4 Å². The summed E-state index contributed by atoms with van der Waals surface area (Å²) in [5, 5.41) is 8.35. The molecular formula is C21H30N2O2S2. The Hall–Kier alpha value is -1.14. The van der Waals surface area contributed by atoms with Crippen LogP contribution in [0.1, 0.15) is 73.2 Å². The van der Waals surface area contributed by atoms with Crippen LogP contribution in [0.5, 0.6) is 0 Å². The van der Waals surface area contributed by atoms with Gasteiger partial charge in [-0.3, -0.25) is 0 Å². The minimum Gasteiger partial charge on any atom is -0.462 e. The summed E-state index contributed by atoms with van der Waals surface area (Å²) in [6, 6.07) is 0.376. The minimum atomic E-state index is -0.219. The first-order valence-corrected chi connectivity index (χ1v) is 11.7. The van der Waals surface area contributed by atoms with Gasteiger partial charge in [0.05, 0.1) is 12.2 Å². The fourth-order valence-electron chi connectivity index (χ4n) is 5.43. The number of ether oxygens (including phenoxy) is 1. The van der Waals surface area contributed by atoms with Crippen molar-refractivity contribution in [1.82, 2.24) is 5.32 Å². The number of carbonyl (C=O) groups is 1. The lowest BCUT2D eigenvalue weighted by atomic mass is 9.84. The van der Waals surface area contributed by atoms with E-state index >= 15 is 0 Å². The number of hydrogen-bond acceptors (Lipinski definition) is 4. The number of fused-ring (bicyclic) bond motifs is 3. The highest BCUT2D eigenvalue weighted by Gasteiger charge is 2.42. The minimum absolute atomic E-state index is 0.219. The van der Waals surface area contributed by atoms with Gasteiger partial charge in [0.15, 0.2) is 5.11 Å². The number of aryl methyl sites for hydroxylation is 1. The molecule has 4 nitrogen and oxygen atoms in total. The average Bonchev–Trinajstić information content (AvgIpc) is 3.35. The topological polar surface area (TPSA) is 50.4 Å². The maximum absolute atomic E-state index is 12.6. The fourth-order valence-corrected chi connectivity index (χ4v) is 7.07. The van der Waals surface area contributed by atoms with Gasteiger partial charge in [-0.2, -0.15) is 0 Å². The molecule has 1 aromatic heterocycles. The number of nitrogens with one attached hydrogen (secondary N) is 2. The molecule has 2 bridgehead atoms. The third kappa shape index (κ3) is 3.88. The van der Waals surface area contributed by atoms with E-state index in [9.17, 15) is 4.79 Å². The largest absolute Gasteiger partial charge is 0.462 e. The summed E-state index contributed by atoms with van der Waals surface area (Å²) >= 11 is 7.29. The average molecular weight is 407 g/mol. The van der Waals surface area contributed by atoms with Crippen LogP contribution in [0.2, 0.25) is 0 Å². The van der Waals surface area contributed by atoms with Crippen molar-refractivity contribution in [3.63, 3.8) is 0 Å². The van der Waals surface area contributed by atoms with Crippen molar-refractivity contribution in [2.24, 2.45) is 17.8 Å². The maximum Gasteiger partial charge on any atom is 0.341 e. The Morgan fingerprint density at radius 1 is 1.30 bits per heavy atom. The number of rotatable bonds is 5. The van der Waals surface area contributed by atoms with Crippen LogP contribution in [-0.2, 0) is 17.6 Å². The zero-order valence-electron chi connectivity index (χ0n) is 16.3. The van der Waals surface area contributed by atoms with Crippen LogP contribution in [0.15, 0.2) is 0 Å². The molecule has 27 heavy (non-hydrogen) atoms. The van der Waals surface area contributed by atoms with Gasteiger partial charge in [-0.1, -0.05) is 6.42 Å². The van der Waals surface area contributed by atoms with Crippen molar-refractivity contribution < 1.29 is 9.53 Å². The third-order valence-corrected chi connectivity index (χ3v) is 8.10. The number of anilines is 1. The van der Waals surface area contributed by atoms with Crippen LogP contribution in [0, 0.1) is 17.8 Å². The fraction of sp³-hybridized carbons (Fsp3) is 0.714. The molecule has 0 aliphatic heterocycles. The van der Waals surface area contributed by atoms with E-state index < -0.39 is 0 Å². The quantitative estimate of drug-likeness (QED) is 0.537. The van der Waals surface area contributed by atoms with Crippen LogP contribution in [0.3, 0.4) is 0 Å². The predicted octanol–water partition coefficient (Wildman–Crippen LogP) is 4.91. The van der Waals surface area contributed by atoms with Crippen LogP contribution in [0.25, 0.3) is 0 Å². The molecular weight excluding hydrogens is 376 g/mol. The molecule has 0 aromatic carbocycles. The second-order valence-corrected chi connectivity index (χ2v) is 9.87. The molecule has 2 fully saturated rings. The zero-order valence-corrected chi connectivity index (χ0v) is 17.9. The van der Waals surface area contributed by atoms with E-state index in [1.54, 1.807) is 11.3 Å². The smallest absolute Gasteiger partial charge is 0.341 e. The molecule has 1 aromatic rings. The second kappa shape index (κ2) is 8.08. The molecule has 0 amide bonds. The molecule has 0 spiro atoms. The van der Waals surface area contributed by atoms with Crippen LogP contribution in [-0.4, -0.2) is 23.7 Å². The normalized spacial score (nSPS) is 27.1. The van der Waals surface area contributed by atoms with Gasteiger partial charge in [0.2, 0.25) is 0 Å². The van der Waals surface area contributed by atoms with Gasteiger partial charge in [0.1, 0.15) is 5.00 Å². The molecule has 2 saturated carbocycles. The first-order valence-electron chi connectivity index (χ1n) is 10.5. The highest BCUT2D eigenvalue weighted by Crippen LogP contribution is 2.49. The molecule has 6 heteroatoms. The first kappa shape index (κ1) is 19.2. The van der Waals surface area contributed by atoms with Crippen molar-refractivity contribution >= 4 is 39.6 Å². The van der Waals surface area contributed by atoms with Crippen LogP contribution < -0.4 is 10.6 Å². The molecule has 3 aliphatic rings. The highest BCUT2D eigenvalue weighted by atomic mass is 32.1. The van der Waals surface area contributed by atoms with E-state index in [4.69, 9.17) is 17.0 Å². The summed E-state index contributed by atoms with van der Waals surface area (Å²) in [6.07, 6.45) is 9.88. The lowest BCUT2D eigenvalue weighted by molar-refractivity contribution is 0.0526. The van der Waals surface area contributed by atoms with E-state index in [0.29, 0.717) is 23.3 Å². The summed E-state index contributed by atoms with van der Waals surface area (Å²) in [7, 11) is 0. The van der Waals surface area contributed by atoms with Crippen molar-refractivity contribution in [3.05, 3.63) is 16.0 Å². The van der Waals surface area contributed by atoms with Crippen molar-refractivity contribution in [1.29, 1.82) is 0 Å². The molecule has 148 valence electrons. The Labute approximate surface area is 171 Å². The van der Waals surface area contributed by atoms with E-state index in [1.165, 1.54) is 42.5 Å². The Morgan fingerprint density at radius 2 is 2.11 bits per heavy atom. The summed E-state index contributed by atoms with van der Waals surface area (Å²) in [5.74, 6) is 2.31. The Bertz CT molecular complexity index is 730. The van der Waals surface area contributed by atoms with Gasteiger partial charge in [-0.25, -0.2) is 4.79 Å². The number of thiocarbonyl (C=S) groups is 1. The highest BCUT2D eigenvalue weighted by molar-refractivity contribution is 7.80. The van der Waals surface area contributed by atoms with Crippen molar-refractivity contribution in [3.8, 4) is 0 Å². The van der Waals surface area contributed by atoms with Crippen LogP contribution >= 0.6 is 23.6 Å². The van der Waals surface area contributed by atoms with Gasteiger partial charge in [0, 0.05) is 10.9 Å². The van der Waals surface area contributed by atoms with Gasteiger partial charge in [-0.05, 0) is 94.3 Å². The SMILES string of the molecule is CCOC(=O)c1c(NC(=S)NC(C)C2CC3CCC2C3)sc2c1CCCC2. The summed E-state index contributed by atoms with van der Waals surface area (Å²) in [4.78, 5) is 13.9. The molecule has 4 unspecified atom stereocenters. The second-order valence-electron chi connectivity index (χ2n) is 8.36. The Kier molecular flexibility index (Phi) is 5.74. The third-order valence-electron chi connectivity index (χ3n) is 6.67. The lowest BCUT2D eigenvalue weighted by Crippen LogP contribution is -2.42.